The third kappa shape index (κ3) is 8.55. The number of ether oxygens (including phenoxy) is 3. The lowest BCUT2D eigenvalue weighted by Crippen LogP contribution is -2.46. The molecule has 1 aromatic carbocycles. The van der Waals surface area contributed by atoms with E-state index >= 15 is 0 Å². The second kappa shape index (κ2) is 16.2. The molecule has 13 heteroatoms. The van der Waals surface area contributed by atoms with Gasteiger partial charge in [0.1, 0.15) is 11.9 Å². The van der Waals surface area contributed by atoms with Crippen LogP contribution in [0.15, 0.2) is 24.4 Å². The van der Waals surface area contributed by atoms with Crippen LogP contribution in [0.4, 0.5) is 0 Å². The van der Waals surface area contributed by atoms with Crippen LogP contribution in [-0.2, 0) is 40.4 Å². The van der Waals surface area contributed by atoms with E-state index in [0.29, 0.717) is 31.6 Å². The predicted octanol–water partition coefficient (Wildman–Crippen LogP) is 5.82. The normalized spacial score (nSPS) is 30.5. The first-order chi connectivity index (χ1) is 26.0. The topological polar surface area (TPSA) is 158 Å². The predicted molar refractivity (Wildman–Crippen MR) is 201 cm³/mol. The van der Waals surface area contributed by atoms with Crippen molar-refractivity contribution in [3.05, 3.63) is 30.0 Å². The fourth-order valence-electron chi connectivity index (χ4n) is 8.99. The Morgan fingerprint density at radius 1 is 1.00 bits per heavy atom. The van der Waals surface area contributed by atoms with Crippen molar-refractivity contribution in [2.45, 2.75) is 133 Å². The SMILES string of the molecule is COc1cc2ccnc3c2cc1CCCC[C@H](C)COC(=O)C[C@H]1CCCCCCC[C@H]2C[C@@]2(C(=O)NS(=O)(=O)C2CC2)CC(=O)[C@@H]2C[C@H](CN2C1=O)O3. The number of aryl methyl sites for hydroxylation is 1. The molecule has 4 fully saturated rings. The minimum atomic E-state index is -3.81. The van der Waals surface area contributed by atoms with Crippen LogP contribution in [0.5, 0.6) is 11.6 Å². The maximum absolute atomic E-state index is 14.6. The fraction of sp³-hybridized carbons (Fsp3) is 0.683. The summed E-state index contributed by atoms with van der Waals surface area (Å²) in [7, 11) is -2.15. The van der Waals surface area contributed by atoms with Crippen molar-refractivity contribution < 1.29 is 41.8 Å². The van der Waals surface area contributed by atoms with Crippen LogP contribution in [0.3, 0.4) is 0 Å². The molecule has 2 aliphatic carbocycles. The van der Waals surface area contributed by atoms with Gasteiger partial charge < -0.3 is 19.1 Å². The third-order valence-electron chi connectivity index (χ3n) is 12.5. The minimum Gasteiger partial charge on any atom is -0.496 e. The van der Waals surface area contributed by atoms with Gasteiger partial charge in [0.15, 0.2) is 5.78 Å². The van der Waals surface area contributed by atoms with Crippen LogP contribution in [0, 0.1) is 23.2 Å². The lowest BCUT2D eigenvalue weighted by atomic mass is 9.90. The number of rotatable bonds is 4. The Morgan fingerprint density at radius 3 is 2.54 bits per heavy atom. The van der Waals surface area contributed by atoms with E-state index in [2.05, 4.69) is 22.7 Å². The molecule has 2 aromatic rings. The van der Waals surface area contributed by atoms with Crippen molar-refractivity contribution in [1.29, 1.82) is 0 Å². The molecule has 4 heterocycles. The highest BCUT2D eigenvalue weighted by Gasteiger charge is 2.62. The summed E-state index contributed by atoms with van der Waals surface area (Å²) in [6.45, 7) is 2.45. The highest BCUT2D eigenvalue weighted by molar-refractivity contribution is 7.90. The van der Waals surface area contributed by atoms with Crippen molar-refractivity contribution in [2.75, 3.05) is 20.3 Å². The first-order valence-corrected chi connectivity index (χ1v) is 21.7. The average Bonchev–Trinajstić information content (AvgIpc) is 4.07. The van der Waals surface area contributed by atoms with Crippen molar-refractivity contribution in [2.24, 2.45) is 23.2 Å². The van der Waals surface area contributed by atoms with Crippen molar-refractivity contribution in [3.8, 4) is 11.6 Å². The molecule has 5 aliphatic rings. The van der Waals surface area contributed by atoms with Gasteiger partial charge in [0, 0.05) is 30.3 Å². The molecule has 2 amide bonds. The lowest BCUT2D eigenvalue weighted by molar-refractivity contribution is -0.151. The van der Waals surface area contributed by atoms with Crippen LogP contribution < -0.4 is 14.2 Å². The van der Waals surface area contributed by atoms with Crippen LogP contribution >= 0.6 is 0 Å². The molecule has 294 valence electrons. The van der Waals surface area contributed by atoms with Crippen molar-refractivity contribution in [3.63, 3.8) is 0 Å². The largest absolute Gasteiger partial charge is 0.496 e. The van der Waals surface area contributed by atoms with E-state index in [-0.39, 0.29) is 55.9 Å². The quantitative estimate of drug-likeness (QED) is 0.376. The number of amides is 2. The Bertz CT molecular complexity index is 1860. The summed E-state index contributed by atoms with van der Waals surface area (Å²) < 4.78 is 46.2. The summed E-state index contributed by atoms with van der Waals surface area (Å²) in [6, 6.07) is 5.04. The second-order valence-corrected chi connectivity index (χ2v) is 18.6. The van der Waals surface area contributed by atoms with Crippen LogP contribution in [0.25, 0.3) is 10.8 Å². The molecule has 1 aromatic heterocycles. The summed E-state index contributed by atoms with van der Waals surface area (Å²) in [6.07, 6.45) is 11.7. The number of sulfonamides is 1. The van der Waals surface area contributed by atoms with Gasteiger partial charge in [0.05, 0.1) is 43.4 Å². The van der Waals surface area contributed by atoms with Gasteiger partial charge in [0.25, 0.3) is 0 Å². The van der Waals surface area contributed by atoms with E-state index in [1.807, 2.05) is 12.1 Å². The number of fused-ring (bicyclic) bond motifs is 4. The highest BCUT2D eigenvalue weighted by atomic mass is 32.2. The standard InChI is InChI=1S/C41H55N3O9S/c1-26-10-8-9-11-28-18-33-27(19-36(28)51-2)16-17-42-38(33)53-31-21-34-35(45)23-41(40(48)43-54(49,50)32-14-15-32)22-30(41)13-7-5-3-4-6-12-29(20-37(46)52-25-26)39(47)44(34)24-31/h16-19,26,29-32,34H,3-15,20-25H2,1-2H3,(H,43,48)/t26-,29+,30-,31+,34-,41+/m0/s1. The molecule has 12 nitrogen and oxygen atoms in total. The minimum absolute atomic E-state index is 0.0750. The van der Waals surface area contributed by atoms with Gasteiger partial charge in [-0.2, -0.15) is 0 Å². The van der Waals surface area contributed by atoms with E-state index in [0.717, 1.165) is 86.3 Å². The summed E-state index contributed by atoms with van der Waals surface area (Å²) in [5.41, 5.74) is -0.108. The van der Waals surface area contributed by atoms with E-state index in [4.69, 9.17) is 14.2 Å². The van der Waals surface area contributed by atoms with E-state index in [9.17, 15) is 27.6 Å². The number of cyclic esters (lactones) is 1. The van der Waals surface area contributed by atoms with Gasteiger partial charge in [-0.3, -0.25) is 23.9 Å². The zero-order valence-corrected chi connectivity index (χ0v) is 32.5. The average molecular weight is 766 g/mol. The number of Topliss-reactive ketones (excluding diaryl/α,β-unsaturated/α-hetero) is 1. The monoisotopic (exact) mass is 765 g/mol. The van der Waals surface area contributed by atoms with Gasteiger partial charge in [-0.1, -0.05) is 45.4 Å². The summed E-state index contributed by atoms with van der Waals surface area (Å²) in [5.74, 6) is -1.06. The molecule has 2 saturated heterocycles. The molecule has 1 N–H and O–H groups in total. The second-order valence-electron chi connectivity index (χ2n) is 16.6. The number of pyridine rings is 1. The summed E-state index contributed by atoms with van der Waals surface area (Å²) >= 11 is 0. The molecule has 0 spiro atoms. The number of nitrogens with one attached hydrogen (secondary N) is 1. The van der Waals surface area contributed by atoms with Crippen LogP contribution in [-0.4, -0.2) is 79.5 Å². The first-order valence-electron chi connectivity index (χ1n) is 20.1. The molecular formula is C41H55N3O9S. The maximum Gasteiger partial charge on any atom is 0.306 e. The third-order valence-corrected chi connectivity index (χ3v) is 14.3. The Kier molecular flexibility index (Phi) is 11.5. The number of carbonyl (C=O) groups is 4. The van der Waals surface area contributed by atoms with Gasteiger partial charge in [-0.05, 0) is 92.4 Å². The molecule has 7 rings (SSSR count). The maximum atomic E-state index is 14.6. The Labute approximate surface area is 318 Å². The number of nitrogens with zero attached hydrogens (tertiary/aromatic N) is 2. The van der Waals surface area contributed by atoms with Crippen LogP contribution in [0.2, 0.25) is 0 Å². The number of hydrogen-bond acceptors (Lipinski definition) is 10. The zero-order chi connectivity index (χ0) is 38.0. The number of methoxy groups -OCH3 is 1. The van der Waals surface area contributed by atoms with Gasteiger partial charge >= 0.3 is 5.97 Å². The molecule has 6 atom stereocenters. The molecular weight excluding hydrogens is 711 g/mol. The Morgan fingerprint density at radius 2 is 1.76 bits per heavy atom. The van der Waals surface area contributed by atoms with Gasteiger partial charge in [0.2, 0.25) is 27.7 Å². The van der Waals surface area contributed by atoms with E-state index in [1.54, 1.807) is 18.2 Å². The molecule has 0 radical (unpaired) electrons. The van der Waals surface area contributed by atoms with E-state index in [1.165, 1.54) is 0 Å². The number of ketones is 1. The number of carbonyl (C=O) groups excluding carboxylic acids is 4. The number of esters is 1. The van der Waals surface area contributed by atoms with Crippen molar-refractivity contribution in [1.82, 2.24) is 14.6 Å². The van der Waals surface area contributed by atoms with Gasteiger partial charge in [-0.15, -0.1) is 0 Å². The number of benzene rings is 1. The van der Waals surface area contributed by atoms with E-state index < -0.39 is 50.6 Å². The Hall–Kier alpha value is -3.74. The summed E-state index contributed by atoms with van der Waals surface area (Å²) in [4.78, 5) is 62.5. The molecule has 2 saturated carbocycles. The molecule has 3 aliphatic heterocycles. The zero-order valence-electron chi connectivity index (χ0n) is 31.7. The fourth-order valence-corrected chi connectivity index (χ4v) is 10.4. The molecule has 5 bridgehead atoms. The van der Waals surface area contributed by atoms with Crippen LogP contribution in [0.1, 0.15) is 115 Å². The highest BCUT2D eigenvalue weighted by Crippen LogP contribution is 2.59. The smallest absolute Gasteiger partial charge is 0.306 e. The first kappa shape index (κ1) is 38.5. The molecule has 0 unspecified atom stereocenters. The molecule has 54 heavy (non-hydrogen) atoms. The summed E-state index contributed by atoms with van der Waals surface area (Å²) in [5, 5.41) is 1.14. The van der Waals surface area contributed by atoms with Gasteiger partial charge in [-0.25, -0.2) is 13.4 Å². The number of aromatic nitrogens is 1. The Balaban J connectivity index is 1.22. The number of hydrogen-bond donors (Lipinski definition) is 1. The lowest BCUT2D eigenvalue weighted by Gasteiger charge is -2.29. The van der Waals surface area contributed by atoms with Crippen molar-refractivity contribution >= 4 is 44.4 Å².